The number of benzene rings is 1. The topological polar surface area (TPSA) is 65.2 Å². The average molecular weight is 216 g/mol. The van der Waals surface area contributed by atoms with Crippen LogP contribution in [-0.4, -0.2) is 17.5 Å². The van der Waals surface area contributed by atoms with Gasteiger partial charge >= 0.3 is 5.97 Å². The van der Waals surface area contributed by atoms with Crippen molar-refractivity contribution in [3.05, 3.63) is 36.5 Å². The number of carbonyl (C=O) groups is 1. The lowest BCUT2D eigenvalue weighted by atomic mass is 10.2. The maximum atomic E-state index is 11.2. The van der Waals surface area contributed by atoms with E-state index in [9.17, 15) is 4.79 Å². The third-order valence-electron chi connectivity index (χ3n) is 2.15. The summed E-state index contributed by atoms with van der Waals surface area (Å²) in [5, 5.41) is 0.945. The van der Waals surface area contributed by atoms with E-state index in [4.69, 9.17) is 10.5 Å². The Morgan fingerprint density at radius 1 is 1.38 bits per heavy atom. The zero-order valence-corrected chi connectivity index (χ0v) is 8.72. The van der Waals surface area contributed by atoms with Gasteiger partial charge in [0.15, 0.2) is 0 Å². The quantitative estimate of drug-likeness (QED) is 0.623. The molecule has 0 radical (unpaired) electrons. The van der Waals surface area contributed by atoms with E-state index in [-0.39, 0.29) is 12.4 Å². The van der Waals surface area contributed by atoms with Gasteiger partial charge in [-0.05, 0) is 24.3 Å². The monoisotopic (exact) mass is 216 g/mol. The molecule has 1 heterocycles. The van der Waals surface area contributed by atoms with Crippen molar-refractivity contribution in [2.75, 3.05) is 6.54 Å². The lowest BCUT2D eigenvalue weighted by Gasteiger charge is -2.04. The molecule has 1 aromatic heterocycles. The highest BCUT2D eigenvalue weighted by atomic mass is 16.5. The van der Waals surface area contributed by atoms with Crippen LogP contribution in [0.3, 0.4) is 0 Å². The highest BCUT2D eigenvalue weighted by Gasteiger charge is 2.04. The summed E-state index contributed by atoms with van der Waals surface area (Å²) in [4.78, 5) is 15.4. The van der Waals surface area contributed by atoms with Gasteiger partial charge in [-0.1, -0.05) is 6.07 Å². The van der Waals surface area contributed by atoms with E-state index in [2.05, 4.69) is 4.98 Å². The molecule has 0 unspecified atom stereocenters. The molecule has 0 aliphatic rings. The first-order valence-corrected chi connectivity index (χ1v) is 5.05. The summed E-state index contributed by atoms with van der Waals surface area (Å²) in [5.41, 5.74) is 6.14. The smallest absolute Gasteiger partial charge is 0.312 e. The molecule has 0 amide bonds. The minimum Gasteiger partial charge on any atom is -0.426 e. The standard InChI is InChI=1S/C12H12N2O2/c13-6-5-12(15)16-10-3-4-11-9(8-10)2-1-7-14-11/h1-4,7-8H,5-6,13H2. The fourth-order valence-corrected chi connectivity index (χ4v) is 1.42. The second-order valence-electron chi connectivity index (χ2n) is 3.37. The van der Waals surface area contributed by atoms with Crippen molar-refractivity contribution in [2.24, 2.45) is 5.73 Å². The van der Waals surface area contributed by atoms with Crippen molar-refractivity contribution in [1.82, 2.24) is 4.98 Å². The van der Waals surface area contributed by atoms with Gasteiger partial charge in [-0.3, -0.25) is 9.78 Å². The second kappa shape index (κ2) is 4.72. The van der Waals surface area contributed by atoms with Gasteiger partial charge in [-0.2, -0.15) is 0 Å². The number of pyridine rings is 1. The van der Waals surface area contributed by atoms with E-state index in [0.29, 0.717) is 12.3 Å². The SMILES string of the molecule is NCCC(=O)Oc1ccc2ncccc2c1. The number of nitrogens with two attached hydrogens (primary N) is 1. The van der Waals surface area contributed by atoms with Crippen LogP contribution in [0, 0.1) is 0 Å². The van der Waals surface area contributed by atoms with Gasteiger partial charge in [0.1, 0.15) is 5.75 Å². The van der Waals surface area contributed by atoms with E-state index in [0.717, 1.165) is 10.9 Å². The van der Waals surface area contributed by atoms with Gasteiger partial charge in [0.25, 0.3) is 0 Å². The van der Waals surface area contributed by atoms with Crippen molar-refractivity contribution < 1.29 is 9.53 Å². The minimum absolute atomic E-state index is 0.227. The van der Waals surface area contributed by atoms with E-state index in [1.807, 2.05) is 18.2 Å². The number of fused-ring (bicyclic) bond motifs is 1. The summed E-state index contributed by atoms with van der Waals surface area (Å²) in [6, 6.07) is 9.09. The Hall–Kier alpha value is -1.94. The van der Waals surface area contributed by atoms with Crippen molar-refractivity contribution in [3.8, 4) is 5.75 Å². The van der Waals surface area contributed by atoms with Gasteiger partial charge in [0.05, 0.1) is 11.9 Å². The molecule has 16 heavy (non-hydrogen) atoms. The summed E-state index contributed by atoms with van der Waals surface area (Å²) < 4.78 is 5.12. The normalized spacial score (nSPS) is 10.3. The third kappa shape index (κ3) is 2.35. The van der Waals surface area contributed by atoms with Gasteiger partial charge in [-0.15, -0.1) is 0 Å². The number of rotatable bonds is 3. The van der Waals surface area contributed by atoms with Crippen LogP contribution in [-0.2, 0) is 4.79 Å². The van der Waals surface area contributed by atoms with Gasteiger partial charge < -0.3 is 10.5 Å². The third-order valence-corrected chi connectivity index (χ3v) is 2.15. The summed E-state index contributed by atoms with van der Waals surface area (Å²) >= 11 is 0. The fraction of sp³-hybridized carbons (Fsp3) is 0.167. The molecule has 0 saturated carbocycles. The molecular formula is C12H12N2O2. The predicted molar refractivity (Wildman–Crippen MR) is 61.0 cm³/mol. The number of hydrogen-bond acceptors (Lipinski definition) is 4. The number of esters is 1. The van der Waals surface area contributed by atoms with Crippen molar-refractivity contribution in [1.29, 1.82) is 0 Å². The number of aromatic nitrogens is 1. The number of ether oxygens (including phenoxy) is 1. The van der Waals surface area contributed by atoms with Crippen molar-refractivity contribution in [3.63, 3.8) is 0 Å². The Labute approximate surface area is 93.0 Å². The van der Waals surface area contributed by atoms with Crippen molar-refractivity contribution in [2.45, 2.75) is 6.42 Å². The van der Waals surface area contributed by atoms with Crippen LogP contribution in [0.15, 0.2) is 36.5 Å². The largest absolute Gasteiger partial charge is 0.426 e. The fourth-order valence-electron chi connectivity index (χ4n) is 1.42. The molecule has 0 aliphatic carbocycles. The maximum Gasteiger partial charge on any atom is 0.312 e. The zero-order valence-electron chi connectivity index (χ0n) is 8.72. The van der Waals surface area contributed by atoms with Crippen LogP contribution in [0.2, 0.25) is 0 Å². The molecule has 0 aliphatic heterocycles. The van der Waals surface area contributed by atoms with Crippen LogP contribution < -0.4 is 10.5 Å². The van der Waals surface area contributed by atoms with Crippen LogP contribution in [0.4, 0.5) is 0 Å². The molecule has 4 nitrogen and oxygen atoms in total. The molecule has 4 heteroatoms. The first-order valence-electron chi connectivity index (χ1n) is 5.05. The molecule has 0 saturated heterocycles. The van der Waals surface area contributed by atoms with Crippen molar-refractivity contribution >= 4 is 16.9 Å². The van der Waals surface area contributed by atoms with Gasteiger partial charge in [0, 0.05) is 18.1 Å². The second-order valence-corrected chi connectivity index (χ2v) is 3.37. The van der Waals surface area contributed by atoms with E-state index in [1.54, 1.807) is 18.3 Å². The average Bonchev–Trinajstić information content (AvgIpc) is 2.29. The number of carbonyl (C=O) groups excluding carboxylic acids is 1. The predicted octanol–water partition coefficient (Wildman–Crippen LogP) is 1.49. The first kappa shape index (κ1) is 10.6. The van der Waals surface area contributed by atoms with E-state index in [1.165, 1.54) is 0 Å². The Kier molecular flexibility index (Phi) is 3.12. The summed E-state index contributed by atoms with van der Waals surface area (Å²) in [6.45, 7) is 0.300. The van der Waals surface area contributed by atoms with Crippen LogP contribution in [0.1, 0.15) is 6.42 Å². The number of nitrogens with zero attached hydrogens (tertiary/aromatic N) is 1. The number of hydrogen-bond donors (Lipinski definition) is 1. The van der Waals surface area contributed by atoms with Crippen LogP contribution in [0.5, 0.6) is 5.75 Å². The molecule has 0 spiro atoms. The Morgan fingerprint density at radius 3 is 3.06 bits per heavy atom. The summed E-state index contributed by atoms with van der Waals surface area (Å²) in [7, 11) is 0. The lowest BCUT2D eigenvalue weighted by Crippen LogP contribution is -2.13. The highest BCUT2D eigenvalue weighted by molar-refractivity contribution is 5.81. The molecule has 0 fully saturated rings. The Bertz CT molecular complexity index is 511. The van der Waals surface area contributed by atoms with Crippen LogP contribution >= 0.6 is 0 Å². The molecule has 2 rings (SSSR count). The zero-order chi connectivity index (χ0) is 11.4. The lowest BCUT2D eigenvalue weighted by molar-refractivity contribution is -0.134. The minimum atomic E-state index is -0.314. The molecule has 1 aromatic carbocycles. The van der Waals surface area contributed by atoms with E-state index < -0.39 is 0 Å². The van der Waals surface area contributed by atoms with Gasteiger partial charge in [0.2, 0.25) is 0 Å². The molecular weight excluding hydrogens is 204 g/mol. The molecule has 0 atom stereocenters. The molecule has 2 N–H and O–H groups in total. The highest BCUT2D eigenvalue weighted by Crippen LogP contribution is 2.19. The summed E-state index contributed by atoms with van der Waals surface area (Å²) in [6.07, 6.45) is 1.95. The molecule has 82 valence electrons. The Balaban J connectivity index is 2.22. The first-order chi connectivity index (χ1) is 7.79. The van der Waals surface area contributed by atoms with Gasteiger partial charge in [-0.25, -0.2) is 0 Å². The molecule has 0 bridgehead atoms. The maximum absolute atomic E-state index is 11.2. The van der Waals surface area contributed by atoms with E-state index >= 15 is 0 Å². The van der Waals surface area contributed by atoms with Crippen LogP contribution in [0.25, 0.3) is 10.9 Å². The summed E-state index contributed by atoms with van der Waals surface area (Å²) in [5.74, 6) is 0.213. The Morgan fingerprint density at radius 2 is 2.25 bits per heavy atom. The molecule has 2 aromatic rings.